The van der Waals surface area contributed by atoms with Crippen LogP contribution in [-0.4, -0.2) is 72.9 Å². The molecule has 2 rings (SSSR count). The van der Waals surface area contributed by atoms with E-state index in [1.54, 1.807) is 11.9 Å². The molecule has 1 N–H and O–H groups in total. The maximum Gasteiger partial charge on any atom is 0.223 e. The molecule has 0 radical (unpaired) electrons. The number of aliphatic hydroxyl groups is 1. The lowest BCUT2D eigenvalue weighted by molar-refractivity contribution is -0.131. The zero-order valence-corrected chi connectivity index (χ0v) is 13.4. The summed E-state index contributed by atoms with van der Waals surface area (Å²) in [5.74, 6) is 0.346. The van der Waals surface area contributed by atoms with Crippen molar-refractivity contribution in [1.29, 1.82) is 5.26 Å². The molecule has 1 saturated carbocycles. The van der Waals surface area contributed by atoms with Crippen LogP contribution in [0.15, 0.2) is 0 Å². The van der Waals surface area contributed by atoms with E-state index in [-0.39, 0.29) is 24.0 Å². The van der Waals surface area contributed by atoms with E-state index in [1.807, 2.05) is 0 Å². The highest BCUT2D eigenvalue weighted by molar-refractivity contribution is 5.76. The van der Waals surface area contributed by atoms with Crippen molar-refractivity contribution in [2.24, 2.45) is 5.92 Å². The molecule has 1 heterocycles. The number of carbonyl (C=O) groups is 1. The molecule has 0 aromatic carbocycles. The molecule has 0 bridgehead atoms. The van der Waals surface area contributed by atoms with Crippen LogP contribution in [0, 0.1) is 17.2 Å². The Bertz CT molecular complexity index is 410. The molecule has 0 aromatic rings. The molecular formula is C16H27N3O3. The highest BCUT2D eigenvalue weighted by atomic mass is 16.5. The first kappa shape index (κ1) is 17.2. The summed E-state index contributed by atoms with van der Waals surface area (Å²) in [5.41, 5.74) is 0. The van der Waals surface area contributed by atoms with Gasteiger partial charge in [0.2, 0.25) is 5.91 Å². The monoisotopic (exact) mass is 309 g/mol. The van der Waals surface area contributed by atoms with E-state index >= 15 is 0 Å². The zero-order chi connectivity index (χ0) is 15.9. The van der Waals surface area contributed by atoms with Gasteiger partial charge in [-0.3, -0.25) is 9.69 Å². The number of hydrogen-bond acceptors (Lipinski definition) is 5. The first-order valence-electron chi connectivity index (χ1n) is 8.24. The molecule has 124 valence electrons. The van der Waals surface area contributed by atoms with Crippen LogP contribution < -0.4 is 0 Å². The summed E-state index contributed by atoms with van der Waals surface area (Å²) in [4.78, 5) is 16.0. The summed E-state index contributed by atoms with van der Waals surface area (Å²) in [6, 6.07) is 2.28. The molecule has 1 saturated heterocycles. The molecule has 3 unspecified atom stereocenters. The normalized spacial score (nSPS) is 29.2. The number of amides is 1. The molecular weight excluding hydrogens is 282 g/mol. The Morgan fingerprint density at radius 1 is 1.50 bits per heavy atom. The van der Waals surface area contributed by atoms with Crippen LogP contribution in [0.3, 0.4) is 0 Å². The molecule has 1 aliphatic carbocycles. The molecule has 22 heavy (non-hydrogen) atoms. The summed E-state index contributed by atoms with van der Waals surface area (Å²) in [7, 11) is 1.75. The topological polar surface area (TPSA) is 76.8 Å². The van der Waals surface area contributed by atoms with Crippen molar-refractivity contribution in [2.75, 3.05) is 39.9 Å². The number of nitrogens with zero attached hydrogens (tertiary/aromatic N) is 3. The standard InChI is InChI=1S/C16H27N3O3/c1-18(8-3-7-17)16(21)6-9-19-10-11-22-12-14(19)13-4-2-5-15(13)20/h13-15,20H,2-6,8-12H2,1H3. The van der Waals surface area contributed by atoms with Crippen molar-refractivity contribution in [3.8, 4) is 6.07 Å². The van der Waals surface area contributed by atoms with E-state index in [1.165, 1.54) is 0 Å². The van der Waals surface area contributed by atoms with Crippen LogP contribution >= 0.6 is 0 Å². The first-order valence-corrected chi connectivity index (χ1v) is 8.24. The second kappa shape index (κ2) is 8.47. The molecule has 1 aliphatic heterocycles. The van der Waals surface area contributed by atoms with Crippen molar-refractivity contribution in [3.05, 3.63) is 0 Å². The Labute approximate surface area is 132 Å². The predicted octanol–water partition coefficient (Wildman–Crippen LogP) is 0.610. The van der Waals surface area contributed by atoms with Gasteiger partial charge in [0.25, 0.3) is 0 Å². The van der Waals surface area contributed by atoms with Crippen molar-refractivity contribution in [3.63, 3.8) is 0 Å². The summed E-state index contributed by atoms with van der Waals surface area (Å²) in [5, 5.41) is 18.7. The van der Waals surface area contributed by atoms with Gasteiger partial charge in [0.15, 0.2) is 0 Å². The minimum Gasteiger partial charge on any atom is -0.393 e. The van der Waals surface area contributed by atoms with Crippen molar-refractivity contribution in [2.45, 2.75) is 44.2 Å². The third-order valence-electron chi connectivity index (χ3n) is 4.90. The molecule has 2 fully saturated rings. The molecule has 0 aromatic heterocycles. The number of morpholine rings is 1. The van der Waals surface area contributed by atoms with Crippen LogP contribution in [0.5, 0.6) is 0 Å². The number of rotatable bonds is 6. The van der Waals surface area contributed by atoms with E-state index in [9.17, 15) is 9.90 Å². The molecule has 6 heteroatoms. The third-order valence-corrected chi connectivity index (χ3v) is 4.90. The Kier molecular flexibility index (Phi) is 6.62. The zero-order valence-electron chi connectivity index (χ0n) is 13.4. The average Bonchev–Trinajstić information content (AvgIpc) is 2.96. The van der Waals surface area contributed by atoms with Gasteiger partial charge in [-0.2, -0.15) is 5.26 Å². The number of hydrogen-bond donors (Lipinski definition) is 1. The van der Waals surface area contributed by atoms with Crippen LogP contribution in [0.2, 0.25) is 0 Å². The Morgan fingerprint density at radius 3 is 3.00 bits per heavy atom. The lowest BCUT2D eigenvalue weighted by Gasteiger charge is -2.40. The molecule has 0 spiro atoms. The summed E-state index contributed by atoms with van der Waals surface area (Å²) < 4.78 is 5.60. The fourth-order valence-corrected chi connectivity index (χ4v) is 3.52. The van der Waals surface area contributed by atoms with E-state index in [2.05, 4.69) is 11.0 Å². The van der Waals surface area contributed by atoms with E-state index in [0.29, 0.717) is 39.1 Å². The predicted molar refractivity (Wildman–Crippen MR) is 82.0 cm³/mol. The Hall–Kier alpha value is -1.16. The fourth-order valence-electron chi connectivity index (χ4n) is 3.52. The second-order valence-corrected chi connectivity index (χ2v) is 6.31. The minimum absolute atomic E-state index is 0.0764. The molecule has 2 aliphatic rings. The quantitative estimate of drug-likeness (QED) is 0.778. The smallest absolute Gasteiger partial charge is 0.223 e. The maximum absolute atomic E-state index is 12.1. The Balaban J connectivity index is 1.84. The van der Waals surface area contributed by atoms with E-state index in [4.69, 9.17) is 10.00 Å². The SMILES string of the molecule is CN(CCC#N)C(=O)CCN1CCOCC1C1CCCC1O. The van der Waals surface area contributed by atoms with Gasteiger partial charge in [-0.25, -0.2) is 0 Å². The first-order chi connectivity index (χ1) is 10.6. The van der Waals surface area contributed by atoms with Crippen LogP contribution in [0.4, 0.5) is 0 Å². The molecule has 3 atom stereocenters. The average molecular weight is 309 g/mol. The van der Waals surface area contributed by atoms with Gasteiger partial charge in [-0.1, -0.05) is 6.42 Å². The van der Waals surface area contributed by atoms with Crippen molar-refractivity contribution >= 4 is 5.91 Å². The molecule has 6 nitrogen and oxygen atoms in total. The van der Waals surface area contributed by atoms with E-state index in [0.717, 1.165) is 25.8 Å². The van der Waals surface area contributed by atoms with Gasteiger partial charge in [0.05, 0.1) is 31.8 Å². The van der Waals surface area contributed by atoms with Crippen molar-refractivity contribution < 1.29 is 14.6 Å². The van der Waals surface area contributed by atoms with Crippen LogP contribution in [0.1, 0.15) is 32.1 Å². The Morgan fingerprint density at radius 2 is 2.32 bits per heavy atom. The lowest BCUT2D eigenvalue weighted by Crippen LogP contribution is -2.52. The lowest BCUT2D eigenvalue weighted by atomic mass is 9.94. The van der Waals surface area contributed by atoms with Gasteiger partial charge in [-0.15, -0.1) is 0 Å². The largest absolute Gasteiger partial charge is 0.393 e. The van der Waals surface area contributed by atoms with Crippen LogP contribution in [-0.2, 0) is 9.53 Å². The number of aliphatic hydroxyl groups excluding tert-OH is 1. The van der Waals surface area contributed by atoms with Gasteiger partial charge < -0.3 is 14.7 Å². The summed E-state index contributed by atoms with van der Waals surface area (Å²) in [6.07, 6.45) is 3.60. The third kappa shape index (κ3) is 4.42. The van der Waals surface area contributed by atoms with Gasteiger partial charge in [0, 0.05) is 45.1 Å². The van der Waals surface area contributed by atoms with Gasteiger partial charge >= 0.3 is 0 Å². The highest BCUT2D eigenvalue weighted by Gasteiger charge is 2.37. The maximum atomic E-state index is 12.1. The fraction of sp³-hybridized carbons (Fsp3) is 0.875. The number of ether oxygens (including phenoxy) is 1. The van der Waals surface area contributed by atoms with E-state index < -0.39 is 0 Å². The second-order valence-electron chi connectivity index (χ2n) is 6.31. The summed E-state index contributed by atoms with van der Waals surface area (Å²) in [6.45, 7) is 3.36. The van der Waals surface area contributed by atoms with Gasteiger partial charge in [0.1, 0.15) is 0 Å². The highest BCUT2D eigenvalue weighted by Crippen LogP contribution is 2.32. The number of carbonyl (C=O) groups excluding carboxylic acids is 1. The minimum atomic E-state index is -0.233. The number of nitriles is 1. The van der Waals surface area contributed by atoms with Crippen LogP contribution in [0.25, 0.3) is 0 Å². The van der Waals surface area contributed by atoms with Crippen molar-refractivity contribution in [1.82, 2.24) is 9.80 Å². The summed E-state index contributed by atoms with van der Waals surface area (Å²) >= 11 is 0. The molecule has 1 amide bonds. The van der Waals surface area contributed by atoms with Gasteiger partial charge in [-0.05, 0) is 12.8 Å².